The van der Waals surface area contributed by atoms with Gasteiger partial charge >= 0.3 is 0 Å². The molecule has 0 unspecified atom stereocenters. The van der Waals surface area contributed by atoms with Crippen molar-refractivity contribution in [2.24, 2.45) is 0 Å². The van der Waals surface area contributed by atoms with E-state index in [0.717, 1.165) is 6.54 Å². The van der Waals surface area contributed by atoms with Gasteiger partial charge in [0, 0.05) is 21.1 Å². The topological polar surface area (TPSA) is 86.9 Å². The SMILES string of the molecule is CCNCc1cn[nH]c1S(=O)(=O)Nc1c(Br)cccc1Br. The maximum absolute atomic E-state index is 12.5. The number of anilines is 1. The number of benzene rings is 1. The van der Waals surface area contributed by atoms with E-state index in [0.29, 0.717) is 26.7 Å². The molecule has 114 valence electrons. The molecular formula is C12H14Br2N4O2S. The van der Waals surface area contributed by atoms with Crippen molar-refractivity contribution in [3.8, 4) is 0 Å². The van der Waals surface area contributed by atoms with Crippen LogP contribution in [0.4, 0.5) is 5.69 Å². The Morgan fingerprint density at radius 3 is 2.57 bits per heavy atom. The molecule has 0 aliphatic rings. The summed E-state index contributed by atoms with van der Waals surface area (Å²) in [5.41, 5.74) is 1.04. The standard InChI is InChI=1S/C12H14Br2N4O2S/c1-2-15-6-8-7-16-17-12(8)21(19,20)18-11-9(13)4-3-5-10(11)14/h3-5,7,15,18H,2,6H2,1H3,(H,16,17). The number of halogens is 2. The number of H-pyrrole nitrogens is 1. The molecule has 2 aromatic rings. The minimum absolute atomic E-state index is 0.0612. The molecular weight excluding hydrogens is 424 g/mol. The van der Waals surface area contributed by atoms with Crippen molar-refractivity contribution in [1.29, 1.82) is 0 Å². The molecule has 2 rings (SSSR count). The van der Waals surface area contributed by atoms with Gasteiger partial charge in [-0.1, -0.05) is 13.0 Å². The van der Waals surface area contributed by atoms with Crippen LogP contribution in [0.15, 0.2) is 38.4 Å². The zero-order valence-corrected chi connectivity index (χ0v) is 15.1. The fourth-order valence-electron chi connectivity index (χ4n) is 1.70. The summed E-state index contributed by atoms with van der Waals surface area (Å²) in [5, 5.41) is 9.50. The summed E-state index contributed by atoms with van der Waals surface area (Å²) in [6.45, 7) is 3.12. The van der Waals surface area contributed by atoms with E-state index in [2.05, 4.69) is 52.1 Å². The first kappa shape index (κ1) is 16.5. The molecule has 0 bridgehead atoms. The largest absolute Gasteiger partial charge is 0.313 e. The molecule has 0 atom stereocenters. The first-order valence-corrected chi connectivity index (χ1v) is 9.22. The minimum atomic E-state index is -3.74. The van der Waals surface area contributed by atoms with Gasteiger partial charge in [0.1, 0.15) is 0 Å². The highest BCUT2D eigenvalue weighted by molar-refractivity contribution is 9.11. The zero-order chi connectivity index (χ0) is 15.5. The van der Waals surface area contributed by atoms with Gasteiger partial charge in [-0.05, 0) is 50.5 Å². The van der Waals surface area contributed by atoms with E-state index in [9.17, 15) is 8.42 Å². The van der Waals surface area contributed by atoms with Crippen LogP contribution in [0, 0.1) is 0 Å². The van der Waals surface area contributed by atoms with Gasteiger partial charge in [0.25, 0.3) is 10.0 Å². The quantitative estimate of drug-likeness (QED) is 0.648. The Bertz CT molecular complexity index is 710. The number of nitrogens with one attached hydrogen (secondary N) is 3. The minimum Gasteiger partial charge on any atom is -0.313 e. The molecule has 0 aliphatic heterocycles. The van der Waals surface area contributed by atoms with E-state index in [1.807, 2.05) is 6.92 Å². The number of para-hydroxylation sites is 1. The first-order chi connectivity index (χ1) is 9.95. The summed E-state index contributed by atoms with van der Waals surface area (Å²) in [7, 11) is -3.74. The van der Waals surface area contributed by atoms with Crippen LogP contribution in [0.3, 0.4) is 0 Å². The lowest BCUT2D eigenvalue weighted by Gasteiger charge is -2.11. The molecule has 0 saturated carbocycles. The summed E-state index contributed by atoms with van der Waals surface area (Å²) in [5.74, 6) is 0. The van der Waals surface area contributed by atoms with Crippen LogP contribution in [0.1, 0.15) is 12.5 Å². The molecule has 0 radical (unpaired) electrons. The lowest BCUT2D eigenvalue weighted by molar-refractivity contribution is 0.594. The van der Waals surface area contributed by atoms with E-state index < -0.39 is 10.0 Å². The number of sulfonamides is 1. The molecule has 1 aromatic carbocycles. The molecule has 0 amide bonds. The Labute approximate surface area is 140 Å². The van der Waals surface area contributed by atoms with Gasteiger partial charge in [-0.25, -0.2) is 0 Å². The maximum Gasteiger partial charge on any atom is 0.279 e. The van der Waals surface area contributed by atoms with E-state index in [4.69, 9.17) is 0 Å². The van der Waals surface area contributed by atoms with Crippen molar-refractivity contribution < 1.29 is 8.42 Å². The monoisotopic (exact) mass is 436 g/mol. The molecule has 1 aromatic heterocycles. The lowest BCUT2D eigenvalue weighted by Crippen LogP contribution is -2.19. The second-order valence-corrected chi connectivity index (χ2v) is 7.53. The summed E-state index contributed by atoms with van der Waals surface area (Å²) in [6.07, 6.45) is 1.51. The Morgan fingerprint density at radius 1 is 1.29 bits per heavy atom. The van der Waals surface area contributed by atoms with Gasteiger partial charge in [0.15, 0.2) is 5.03 Å². The molecule has 6 nitrogen and oxygen atoms in total. The summed E-state index contributed by atoms with van der Waals surface area (Å²) in [6, 6.07) is 5.32. The number of aromatic amines is 1. The highest BCUT2D eigenvalue weighted by atomic mass is 79.9. The predicted octanol–water partition coefficient (Wildman–Crippen LogP) is 2.85. The van der Waals surface area contributed by atoms with E-state index >= 15 is 0 Å². The lowest BCUT2D eigenvalue weighted by atomic mass is 10.3. The van der Waals surface area contributed by atoms with Gasteiger partial charge in [0.05, 0.1) is 11.9 Å². The van der Waals surface area contributed by atoms with Crippen molar-refractivity contribution >= 4 is 47.6 Å². The average Bonchev–Trinajstić information content (AvgIpc) is 2.90. The molecule has 1 heterocycles. The van der Waals surface area contributed by atoms with E-state index in [1.54, 1.807) is 18.2 Å². The van der Waals surface area contributed by atoms with Crippen LogP contribution in [-0.4, -0.2) is 25.2 Å². The molecule has 0 aliphatic carbocycles. The highest BCUT2D eigenvalue weighted by Gasteiger charge is 2.22. The van der Waals surface area contributed by atoms with Crippen molar-refractivity contribution in [3.05, 3.63) is 38.9 Å². The fourth-order valence-corrected chi connectivity index (χ4v) is 4.39. The number of hydrogen-bond donors (Lipinski definition) is 3. The smallest absolute Gasteiger partial charge is 0.279 e. The van der Waals surface area contributed by atoms with Crippen LogP contribution >= 0.6 is 31.9 Å². The summed E-state index contributed by atoms with van der Waals surface area (Å²) < 4.78 is 28.8. The number of nitrogens with zero attached hydrogens (tertiary/aromatic N) is 1. The van der Waals surface area contributed by atoms with E-state index in [1.165, 1.54) is 6.20 Å². The van der Waals surface area contributed by atoms with Gasteiger partial charge < -0.3 is 5.32 Å². The first-order valence-electron chi connectivity index (χ1n) is 6.15. The van der Waals surface area contributed by atoms with Gasteiger partial charge in [0.2, 0.25) is 0 Å². The number of hydrogen-bond acceptors (Lipinski definition) is 4. The summed E-state index contributed by atoms with van der Waals surface area (Å²) >= 11 is 6.66. The van der Waals surface area contributed by atoms with Crippen LogP contribution in [0.2, 0.25) is 0 Å². The van der Waals surface area contributed by atoms with Crippen LogP contribution in [0.25, 0.3) is 0 Å². The summed E-state index contributed by atoms with van der Waals surface area (Å²) in [4.78, 5) is 0. The van der Waals surface area contributed by atoms with Crippen LogP contribution in [0.5, 0.6) is 0 Å². The van der Waals surface area contributed by atoms with Crippen molar-refractivity contribution in [3.63, 3.8) is 0 Å². The third-order valence-electron chi connectivity index (χ3n) is 2.71. The Balaban J connectivity index is 2.33. The second-order valence-electron chi connectivity index (χ2n) is 4.21. The van der Waals surface area contributed by atoms with Crippen molar-refractivity contribution in [2.45, 2.75) is 18.5 Å². The van der Waals surface area contributed by atoms with Crippen molar-refractivity contribution in [1.82, 2.24) is 15.5 Å². The second kappa shape index (κ2) is 6.91. The average molecular weight is 438 g/mol. The molecule has 3 N–H and O–H groups in total. The molecule has 9 heteroatoms. The van der Waals surface area contributed by atoms with Crippen LogP contribution in [-0.2, 0) is 16.6 Å². The third kappa shape index (κ3) is 3.85. The van der Waals surface area contributed by atoms with Gasteiger partial charge in [-0.2, -0.15) is 13.5 Å². The zero-order valence-electron chi connectivity index (χ0n) is 11.2. The van der Waals surface area contributed by atoms with Gasteiger partial charge in [-0.3, -0.25) is 9.82 Å². The number of rotatable bonds is 6. The van der Waals surface area contributed by atoms with Crippen LogP contribution < -0.4 is 10.0 Å². The molecule has 0 saturated heterocycles. The normalized spacial score (nSPS) is 11.6. The fraction of sp³-hybridized carbons (Fsp3) is 0.250. The Morgan fingerprint density at radius 2 is 1.95 bits per heavy atom. The van der Waals surface area contributed by atoms with Gasteiger partial charge in [-0.15, -0.1) is 0 Å². The molecule has 0 fully saturated rings. The third-order valence-corrected chi connectivity index (χ3v) is 5.40. The Kier molecular flexibility index (Phi) is 5.42. The predicted molar refractivity (Wildman–Crippen MR) is 88.6 cm³/mol. The Hall–Kier alpha value is -0.900. The number of aromatic nitrogens is 2. The molecule has 0 spiro atoms. The maximum atomic E-state index is 12.5. The molecule has 21 heavy (non-hydrogen) atoms. The van der Waals surface area contributed by atoms with E-state index in [-0.39, 0.29) is 5.03 Å². The van der Waals surface area contributed by atoms with Crippen molar-refractivity contribution in [2.75, 3.05) is 11.3 Å². The highest BCUT2D eigenvalue weighted by Crippen LogP contribution is 2.32.